The number of rotatable bonds is 5. The largest absolute Gasteiger partial charge is 0.396 e. The summed E-state index contributed by atoms with van der Waals surface area (Å²) in [7, 11) is 0. The Labute approximate surface area is 180 Å². The summed E-state index contributed by atoms with van der Waals surface area (Å²) in [4.78, 5) is 34.0. The van der Waals surface area contributed by atoms with Crippen molar-refractivity contribution in [3.05, 3.63) is 58.1 Å². The summed E-state index contributed by atoms with van der Waals surface area (Å²) in [6.07, 6.45) is 0.523. The van der Waals surface area contributed by atoms with E-state index in [1.54, 1.807) is 23.1 Å². The highest BCUT2D eigenvalue weighted by Gasteiger charge is 2.21. The number of H-pyrrole nitrogens is 1. The van der Waals surface area contributed by atoms with Crippen LogP contribution in [0.1, 0.15) is 16.8 Å². The van der Waals surface area contributed by atoms with E-state index in [0.29, 0.717) is 37.3 Å². The Balaban J connectivity index is 1.77. The first-order valence-corrected chi connectivity index (χ1v) is 10.4. The fourth-order valence-corrected chi connectivity index (χ4v) is 3.85. The molecule has 2 amide bonds. The standard InChI is InChI=1S/C21H21BrN4O4/c22-15-4-1-3-14(11-15)20(29)24-21-23-17-12-16(25-8-10-30-13-19(25)28)5-6-18(17)26(21)7-2-9-27/h1,3-6,11-12,27H,2,7-10,13H2,(H,23,24,29). The van der Waals surface area contributed by atoms with E-state index in [4.69, 9.17) is 4.74 Å². The average Bonchev–Trinajstić information content (AvgIpc) is 3.08. The fraction of sp³-hybridized carbons (Fsp3) is 0.286. The molecule has 2 aromatic carbocycles. The van der Waals surface area contributed by atoms with Gasteiger partial charge in [0.25, 0.3) is 11.8 Å². The van der Waals surface area contributed by atoms with Crippen molar-refractivity contribution in [3.63, 3.8) is 0 Å². The normalized spacial score (nSPS) is 15.2. The fourth-order valence-electron chi connectivity index (χ4n) is 3.45. The van der Waals surface area contributed by atoms with Gasteiger partial charge in [-0.3, -0.25) is 9.59 Å². The van der Waals surface area contributed by atoms with Crippen LogP contribution in [-0.2, 0) is 16.1 Å². The molecular weight excluding hydrogens is 452 g/mol. The third-order valence-electron chi connectivity index (χ3n) is 4.89. The number of aliphatic hydroxyl groups excluding tert-OH is 1. The second-order valence-electron chi connectivity index (χ2n) is 6.90. The van der Waals surface area contributed by atoms with E-state index >= 15 is 0 Å². The highest BCUT2D eigenvalue weighted by molar-refractivity contribution is 9.10. The van der Waals surface area contributed by atoms with E-state index in [1.165, 1.54) is 0 Å². The van der Waals surface area contributed by atoms with Gasteiger partial charge in [-0.05, 0) is 42.8 Å². The molecule has 1 aliphatic heterocycles. The molecule has 2 heterocycles. The summed E-state index contributed by atoms with van der Waals surface area (Å²) < 4.78 is 7.87. The van der Waals surface area contributed by atoms with Crippen LogP contribution in [0.5, 0.6) is 0 Å². The van der Waals surface area contributed by atoms with Crippen molar-refractivity contribution in [1.82, 2.24) is 9.55 Å². The molecule has 0 radical (unpaired) electrons. The van der Waals surface area contributed by atoms with Crippen molar-refractivity contribution in [3.8, 4) is 0 Å². The molecule has 1 fully saturated rings. The summed E-state index contributed by atoms with van der Waals surface area (Å²) in [5.41, 5.74) is 3.22. The van der Waals surface area contributed by atoms with E-state index in [-0.39, 0.29) is 25.0 Å². The van der Waals surface area contributed by atoms with Crippen LogP contribution < -0.4 is 10.5 Å². The van der Waals surface area contributed by atoms with Crippen LogP contribution in [0.2, 0.25) is 0 Å². The average molecular weight is 473 g/mol. The number of halogens is 1. The first-order valence-electron chi connectivity index (χ1n) is 9.63. The van der Waals surface area contributed by atoms with Crippen LogP contribution in [0, 0.1) is 0 Å². The molecule has 4 rings (SSSR count). The van der Waals surface area contributed by atoms with Gasteiger partial charge in [0, 0.05) is 35.4 Å². The zero-order valence-corrected chi connectivity index (χ0v) is 17.8. The first-order chi connectivity index (χ1) is 14.6. The van der Waals surface area contributed by atoms with Crippen LogP contribution in [0.4, 0.5) is 5.69 Å². The zero-order chi connectivity index (χ0) is 21.1. The quantitative estimate of drug-likeness (QED) is 0.594. The number of fused-ring (bicyclic) bond motifs is 1. The molecule has 8 nitrogen and oxygen atoms in total. The Hall–Kier alpha value is -2.75. The predicted octanol–water partition coefficient (Wildman–Crippen LogP) is 2.22. The Morgan fingerprint density at radius 2 is 2.13 bits per heavy atom. The topological polar surface area (TPSA) is 99.9 Å². The minimum Gasteiger partial charge on any atom is -0.396 e. The maximum Gasteiger partial charge on any atom is 0.280 e. The number of hydrogen-bond donors (Lipinski definition) is 2. The molecule has 9 heteroatoms. The molecule has 156 valence electrons. The number of aliphatic hydroxyl groups is 1. The first kappa shape index (κ1) is 20.5. The number of anilines is 1. The van der Waals surface area contributed by atoms with E-state index in [9.17, 15) is 14.7 Å². The molecule has 30 heavy (non-hydrogen) atoms. The number of amides is 2. The maximum atomic E-state index is 12.7. The summed E-state index contributed by atoms with van der Waals surface area (Å²) >= 11 is 3.37. The van der Waals surface area contributed by atoms with E-state index in [0.717, 1.165) is 21.2 Å². The lowest BCUT2D eigenvalue weighted by Gasteiger charge is -2.26. The van der Waals surface area contributed by atoms with Crippen LogP contribution >= 0.6 is 15.9 Å². The molecule has 0 saturated carbocycles. The molecule has 0 bridgehead atoms. The van der Waals surface area contributed by atoms with Crippen LogP contribution in [0.15, 0.2) is 51.9 Å². The van der Waals surface area contributed by atoms with Gasteiger partial charge < -0.3 is 24.3 Å². The Morgan fingerprint density at radius 3 is 2.90 bits per heavy atom. The number of aryl methyl sites for hydroxylation is 1. The zero-order valence-electron chi connectivity index (χ0n) is 16.2. The molecule has 3 aromatic rings. The lowest BCUT2D eigenvalue weighted by Crippen LogP contribution is -2.41. The van der Waals surface area contributed by atoms with E-state index in [1.807, 2.05) is 28.8 Å². The lowest BCUT2D eigenvalue weighted by atomic mass is 10.2. The van der Waals surface area contributed by atoms with Crippen molar-refractivity contribution in [2.24, 2.45) is 4.99 Å². The van der Waals surface area contributed by atoms with E-state index < -0.39 is 0 Å². The number of nitrogens with zero attached hydrogens (tertiary/aromatic N) is 3. The van der Waals surface area contributed by atoms with Gasteiger partial charge in [0.05, 0.1) is 17.6 Å². The van der Waals surface area contributed by atoms with Crippen LogP contribution in [0.25, 0.3) is 11.0 Å². The maximum absolute atomic E-state index is 12.7. The smallest absolute Gasteiger partial charge is 0.280 e. The number of carbonyl (C=O) groups is 2. The Bertz CT molecular complexity index is 1170. The van der Waals surface area contributed by atoms with Gasteiger partial charge in [-0.25, -0.2) is 0 Å². The molecule has 2 N–H and O–H groups in total. The predicted molar refractivity (Wildman–Crippen MR) is 115 cm³/mol. The molecular formula is C21H21BrN4O4. The molecule has 0 spiro atoms. The van der Waals surface area contributed by atoms with Crippen molar-refractivity contribution in [2.45, 2.75) is 13.0 Å². The number of aromatic amines is 1. The monoisotopic (exact) mass is 472 g/mol. The molecule has 1 aliphatic rings. The van der Waals surface area contributed by atoms with Crippen molar-refractivity contribution < 1.29 is 19.4 Å². The summed E-state index contributed by atoms with van der Waals surface area (Å²) in [5.74, 6) is -0.459. The highest BCUT2D eigenvalue weighted by atomic mass is 79.9. The van der Waals surface area contributed by atoms with Gasteiger partial charge >= 0.3 is 0 Å². The third-order valence-corrected chi connectivity index (χ3v) is 5.38. The number of aromatic nitrogens is 2. The summed E-state index contributed by atoms with van der Waals surface area (Å²) in [6, 6.07) is 12.7. The van der Waals surface area contributed by atoms with Gasteiger partial charge in [0.2, 0.25) is 5.62 Å². The number of morpholine rings is 1. The Kier molecular flexibility index (Phi) is 6.12. The molecule has 0 atom stereocenters. The van der Waals surface area contributed by atoms with Crippen molar-refractivity contribution in [2.75, 3.05) is 31.3 Å². The van der Waals surface area contributed by atoms with Crippen LogP contribution in [-0.4, -0.2) is 52.8 Å². The highest BCUT2D eigenvalue weighted by Crippen LogP contribution is 2.22. The molecule has 1 saturated heterocycles. The second kappa shape index (κ2) is 8.95. The number of hydrogen-bond acceptors (Lipinski definition) is 4. The minimum absolute atomic E-state index is 0.0268. The van der Waals surface area contributed by atoms with Gasteiger partial charge in [-0.1, -0.05) is 22.0 Å². The third kappa shape index (κ3) is 4.23. The van der Waals surface area contributed by atoms with Gasteiger partial charge in [-0.15, -0.1) is 0 Å². The summed E-state index contributed by atoms with van der Waals surface area (Å²) in [5, 5.41) is 9.28. The van der Waals surface area contributed by atoms with Gasteiger partial charge in [0.15, 0.2) is 0 Å². The molecule has 0 unspecified atom stereocenters. The Morgan fingerprint density at radius 1 is 1.27 bits per heavy atom. The van der Waals surface area contributed by atoms with Crippen LogP contribution in [0.3, 0.4) is 0 Å². The summed E-state index contributed by atoms with van der Waals surface area (Å²) in [6.45, 7) is 1.58. The number of carbonyl (C=O) groups excluding carboxylic acids is 2. The SMILES string of the molecule is O=C(/N=c1\[nH]c2cc(N3CCOCC3=O)ccc2n1CCCO)c1cccc(Br)c1. The van der Waals surface area contributed by atoms with Crippen molar-refractivity contribution in [1.29, 1.82) is 0 Å². The minimum atomic E-state index is -0.371. The second-order valence-corrected chi connectivity index (χ2v) is 7.82. The number of benzene rings is 2. The van der Waals surface area contributed by atoms with E-state index in [2.05, 4.69) is 25.9 Å². The van der Waals surface area contributed by atoms with Gasteiger partial charge in [-0.2, -0.15) is 4.99 Å². The number of nitrogens with one attached hydrogen (secondary N) is 1. The molecule has 1 aromatic heterocycles. The lowest BCUT2D eigenvalue weighted by molar-refractivity contribution is -0.125. The number of ether oxygens (including phenoxy) is 1. The number of imidazole rings is 1. The van der Waals surface area contributed by atoms with Crippen molar-refractivity contribution >= 4 is 44.5 Å². The molecule has 0 aliphatic carbocycles. The van der Waals surface area contributed by atoms with Gasteiger partial charge in [0.1, 0.15) is 6.61 Å².